The van der Waals surface area contributed by atoms with Crippen LogP contribution in [-0.4, -0.2) is 29.1 Å². The van der Waals surface area contributed by atoms with Gasteiger partial charge in [0.2, 0.25) is 0 Å². The van der Waals surface area contributed by atoms with Gasteiger partial charge in [0, 0.05) is 6.04 Å². The van der Waals surface area contributed by atoms with E-state index in [1.165, 1.54) is 50.8 Å². The lowest BCUT2D eigenvalue weighted by Gasteiger charge is -2.42. The Bertz CT molecular complexity index is 431. The van der Waals surface area contributed by atoms with Crippen LogP contribution in [0.4, 0.5) is 0 Å². The summed E-state index contributed by atoms with van der Waals surface area (Å²) in [4.78, 5) is 2.62. The molecule has 2 aliphatic rings. The van der Waals surface area contributed by atoms with E-state index in [4.69, 9.17) is 0 Å². The van der Waals surface area contributed by atoms with Crippen LogP contribution >= 0.6 is 0 Å². The van der Waals surface area contributed by atoms with Crippen molar-refractivity contribution >= 4 is 6.08 Å². The molecule has 96 valence electrons. The van der Waals surface area contributed by atoms with Gasteiger partial charge in [-0.2, -0.15) is 0 Å². The van der Waals surface area contributed by atoms with Crippen LogP contribution in [0, 0.1) is 0 Å². The minimum atomic E-state index is 0.347. The number of likely N-dealkylation sites (tertiary alicyclic amines) is 1. The highest BCUT2D eigenvalue weighted by Gasteiger charge is 2.28. The Labute approximate surface area is 109 Å². The third-order valence-corrected chi connectivity index (χ3v) is 4.20. The molecule has 2 fully saturated rings. The molecule has 2 heteroatoms. The topological polar surface area (TPSA) is 23.5 Å². The smallest absolute Gasteiger partial charge is 0.115 e. The summed E-state index contributed by atoms with van der Waals surface area (Å²) in [5.74, 6) is 0.347. The quantitative estimate of drug-likeness (QED) is 0.860. The number of aromatic hydroxyl groups is 1. The molecule has 0 radical (unpaired) electrons. The molecule has 1 saturated heterocycles. The lowest BCUT2D eigenvalue weighted by Crippen LogP contribution is -2.46. The molecule has 0 bridgehead atoms. The number of phenols is 1. The van der Waals surface area contributed by atoms with Gasteiger partial charge in [-0.25, -0.2) is 0 Å². The lowest BCUT2D eigenvalue weighted by molar-refractivity contribution is 0.121. The molecule has 2 nitrogen and oxygen atoms in total. The normalized spacial score (nSPS) is 27.1. The molecule has 3 rings (SSSR count). The van der Waals surface area contributed by atoms with Crippen LogP contribution in [0.3, 0.4) is 0 Å². The fourth-order valence-electron chi connectivity index (χ4n) is 3.04. The summed E-state index contributed by atoms with van der Waals surface area (Å²) in [6, 6.07) is 8.23. The Balaban J connectivity index is 1.80. The number of nitrogens with zero attached hydrogens (tertiary/aromatic N) is 1. The van der Waals surface area contributed by atoms with Crippen molar-refractivity contribution in [1.29, 1.82) is 0 Å². The first kappa shape index (κ1) is 11.8. The second-order valence-corrected chi connectivity index (χ2v) is 5.46. The van der Waals surface area contributed by atoms with Gasteiger partial charge in [-0.05, 0) is 56.5 Å². The Kier molecular flexibility index (Phi) is 3.37. The van der Waals surface area contributed by atoms with Crippen LogP contribution in [0.15, 0.2) is 29.8 Å². The second-order valence-electron chi connectivity index (χ2n) is 5.46. The molecule has 0 spiro atoms. The SMILES string of the molecule is Oc1ccc(/C=C2\CCCC[C@H]2N2CCC2)cc1. The highest BCUT2D eigenvalue weighted by Crippen LogP contribution is 2.32. The number of rotatable bonds is 2. The highest BCUT2D eigenvalue weighted by molar-refractivity contribution is 5.55. The van der Waals surface area contributed by atoms with Gasteiger partial charge >= 0.3 is 0 Å². The van der Waals surface area contributed by atoms with Gasteiger partial charge in [0.1, 0.15) is 5.75 Å². The number of hydrogen-bond acceptors (Lipinski definition) is 2. The van der Waals surface area contributed by atoms with Crippen molar-refractivity contribution in [2.75, 3.05) is 13.1 Å². The van der Waals surface area contributed by atoms with Crippen LogP contribution < -0.4 is 0 Å². The Morgan fingerprint density at radius 1 is 1.06 bits per heavy atom. The van der Waals surface area contributed by atoms with Gasteiger partial charge in [-0.15, -0.1) is 0 Å². The molecule has 1 aliphatic carbocycles. The van der Waals surface area contributed by atoms with Crippen LogP contribution in [0.2, 0.25) is 0 Å². The molecule has 1 aromatic carbocycles. The highest BCUT2D eigenvalue weighted by atomic mass is 16.3. The molecule has 1 aromatic rings. The molecule has 0 unspecified atom stereocenters. The molecular weight excluding hydrogens is 222 g/mol. The molecular formula is C16H21NO. The van der Waals surface area contributed by atoms with E-state index in [0.29, 0.717) is 11.8 Å². The molecule has 1 heterocycles. The summed E-state index contributed by atoms with van der Waals surface area (Å²) in [6.45, 7) is 2.55. The fourth-order valence-corrected chi connectivity index (χ4v) is 3.04. The third kappa shape index (κ3) is 2.44. The van der Waals surface area contributed by atoms with Crippen molar-refractivity contribution in [1.82, 2.24) is 4.90 Å². The van der Waals surface area contributed by atoms with E-state index in [9.17, 15) is 5.11 Å². The van der Waals surface area contributed by atoms with Gasteiger partial charge in [-0.3, -0.25) is 4.90 Å². The zero-order chi connectivity index (χ0) is 12.4. The monoisotopic (exact) mass is 243 g/mol. The summed E-state index contributed by atoms with van der Waals surface area (Å²) < 4.78 is 0. The zero-order valence-electron chi connectivity index (χ0n) is 10.8. The van der Waals surface area contributed by atoms with E-state index in [-0.39, 0.29) is 0 Å². The van der Waals surface area contributed by atoms with E-state index in [2.05, 4.69) is 11.0 Å². The van der Waals surface area contributed by atoms with Crippen molar-refractivity contribution in [3.8, 4) is 5.75 Å². The van der Waals surface area contributed by atoms with Crippen molar-refractivity contribution in [2.45, 2.75) is 38.1 Å². The molecule has 1 atom stereocenters. The Morgan fingerprint density at radius 2 is 1.83 bits per heavy atom. The predicted octanol–water partition coefficient (Wildman–Crippen LogP) is 3.42. The zero-order valence-corrected chi connectivity index (χ0v) is 10.8. The maximum Gasteiger partial charge on any atom is 0.115 e. The number of hydrogen-bond donors (Lipinski definition) is 1. The molecule has 1 saturated carbocycles. The van der Waals surface area contributed by atoms with Gasteiger partial charge in [0.15, 0.2) is 0 Å². The summed E-state index contributed by atoms with van der Waals surface area (Å²) in [5.41, 5.74) is 2.81. The second kappa shape index (κ2) is 5.15. The number of phenolic OH excluding ortho intramolecular Hbond substituents is 1. The maximum absolute atomic E-state index is 9.32. The van der Waals surface area contributed by atoms with E-state index < -0.39 is 0 Å². The van der Waals surface area contributed by atoms with E-state index in [1.807, 2.05) is 12.1 Å². The van der Waals surface area contributed by atoms with E-state index >= 15 is 0 Å². The maximum atomic E-state index is 9.32. The summed E-state index contributed by atoms with van der Waals surface area (Å²) in [7, 11) is 0. The summed E-state index contributed by atoms with van der Waals surface area (Å²) >= 11 is 0. The van der Waals surface area contributed by atoms with Crippen molar-refractivity contribution in [3.63, 3.8) is 0 Å². The van der Waals surface area contributed by atoms with Crippen LogP contribution in [0.25, 0.3) is 6.08 Å². The lowest BCUT2D eigenvalue weighted by atomic mass is 9.86. The van der Waals surface area contributed by atoms with E-state index in [1.54, 1.807) is 17.7 Å². The van der Waals surface area contributed by atoms with Crippen LogP contribution in [0.1, 0.15) is 37.7 Å². The van der Waals surface area contributed by atoms with Gasteiger partial charge < -0.3 is 5.11 Å². The molecule has 1 N–H and O–H groups in total. The van der Waals surface area contributed by atoms with E-state index in [0.717, 1.165) is 0 Å². The summed E-state index contributed by atoms with van der Waals surface area (Å²) in [6.07, 6.45) is 8.96. The molecule has 1 aliphatic heterocycles. The van der Waals surface area contributed by atoms with Crippen LogP contribution in [0.5, 0.6) is 5.75 Å². The molecule has 0 amide bonds. The minimum absolute atomic E-state index is 0.347. The van der Waals surface area contributed by atoms with Gasteiger partial charge in [-0.1, -0.05) is 30.2 Å². The predicted molar refractivity (Wildman–Crippen MR) is 74.5 cm³/mol. The Morgan fingerprint density at radius 3 is 2.50 bits per heavy atom. The van der Waals surface area contributed by atoms with Crippen molar-refractivity contribution in [3.05, 3.63) is 35.4 Å². The molecule has 18 heavy (non-hydrogen) atoms. The first-order chi connectivity index (χ1) is 8.83. The number of benzene rings is 1. The van der Waals surface area contributed by atoms with Crippen LogP contribution in [-0.2, 0) is 0 Å². The van der Waals surface area contributed by atoms with Gasteiger partial charge in [0.05, 0.1) is 0 Å². The summed E-state index contributed by atoms with van der Waals surface area (Å²) in [5, 5.41) is 9.32. The minimum Gasteiger partial charge on any atom is -0.508 e. The van der Waals surface area contributed by atoms with Gasteiger partial charge in [0.25, 0.3) is 0 Å². The largest absolute Gasteiger partial charge is 0.508 e. The first-order valence-electron chi connectivity index (χ1n) is 7.06. The van der Waals surface area contributed by atoms with Crippen molar-refractivity contribution < 1.29 is 5.11 Å². The Hall–Kier alpha value is -1.28. The third-order valence-electron chi connectivity index (χ3n) is 4.20. The average molecular weight is 243 g/mol. The first-order valence-corrected chi connectivity index (χ1v) is 7.06. The van der Waals surface area contributed by atoms with Crippen molar-refractivity contribution in [2.24, 2.45) is 0 Å². The molecule has 0 aromatic heterocycles. The average Bonchev–Trinajstić information content (AvgIpc) is 2.32. The standard InChI is InChI=1S/C16H21NO/c18-15-8-6-13(7-9-15)12-14-4-1-2-5-16(14)17-10-3-11-17/h6-9,12,16,18H,1-5,10-11H2/b14-12+/t16-/m1/s1. The fraction of sp³-hybridized carbons (Fsp3) is 0.500.